The van der Waals surface area contributed by atoms with Gasteiger partial charge in [0.15, 0.2) is 0 Å². The zero-order valence-electron chi connectivity index (χ0n) is 11.4. The lowest BCUT2D eigenvalue weighted by Gasteiger charge is -2.13. The van der Waals surface area contributed by atoms with Crippen LogP contribution < -0.4 is 5.32 Å². The Bertz CT molecular complexity index is 571. The quantitative estimate of drug-likeness (QED) is 0.789. The molecule has 2 aromatic carbocycles. The van der Waals surface area contributed by atoms with Gasteiger partial charge >= 0.3 is 0 Å². The molecule has 0 unspecified atom stereocenters. The fourth-order valence-electron chi connectivity index (χ4n) is 2.08. The number of rotatable bonds is 6. The molecule has 20 heavy (non-hydrogen) atoms. The van der Waals surface area contributed by atoms with Crippen molar-refractivity contribution in [2.24, 2.45) is 0 Å². The lowest BCUT2D eigenvalue weighted by Crippen LogP contribution is -2.27. The summed E-state index contributed by atoms with van der Waals surface area (Å²) in [5, 5.41) is 3.34. The number of aryl methyl sites for hydroxylation is 1. The van der Waals surface area contributed by atoms with Crippen molar-refractivity contribution >= 4 is 0 Å². The van der Waals surface area contributed by atoms with Crippen molar-refractivity contribution in [2.75, 3.05) is 0 Å². The molecule has 1 N–H and O–H groups in total. The Hall–Kier alpha value is -2.11. The lowest BCUT2D eigenvalue weighted by molar-refractivity contribution is 0.567. The Morgan fingerprint density at radius 1 is 1.05 bits per heavy atom. The first-order valence-corrected chi connectivity index (χ1v) is 6.76. The second-order valence-electron chi connectivity index (χ2n) is 4.75. The second-order valence-corrected chi connectivity index (χ2v) is 4.75. The summed E-state index contributed by atoms with van der Waals surface area (Å²) in [6.07, 6.45) is 7.12. The summed E-state index contributed by atoms with van der Waals surface area (Å²) in [7, 11) is 0. The molecule has 0 aliphatic carbocycles. The summed E-state index contributed by atoms with van der Waals surface area (Å²) in [6.45, 7) is 0.749. The van der Waals surface area contributed by atoms with Crippen molar-refractivity contribution in [3.63, 3.8) is 0 Å². The summed E-state index contributed by atoms with van der Waals surface area (Å²) in [5.41, 5.74) is 2.19. The predicted octanol–water partition coefficient (Wildman–Crippen LogP) is 3.55. The maximum atomic E-state index is 13.1. The molecule has 0 saturated heterocycles. The van der Waals surface area contributed by atoms with E-state index in [4.69, 9.17) is 6.42 Å². The minimum atomic E-state index is -0.197. The van der Waals surface area contributed by atoms with Gasteiger partial charge in [0.25, 0.3) is 0 Å². The first-order chi connectivity index (χ1) is 9.78. The highest BCUT2D eigenvalue weighted by Crippen LogP contribution is 2.08. The fourth-order valence-corrected chi connectivity index (χ4v) is 2.08. The summed E-state index contributed by atoms with van der Waals surface area (Å²) in [4.78, 5) is 0. The van der Waals surface area contributed by atoms with Crippen molar-refractivity contribution in [3.05, 3.63) is 71.5 Å². The van der Waals surface area contributed by atoms with Gasteiger partial charge in [0, 0.05) is 6.54 Å². The van der Waals surface area contributed by atoms with Gasteiger partial charge in [0.2, 0.25) is 0 Å². The van der Waals surface area contributed by atoms with Crippen molar-refractivity contribution in [3.8, 4) is 12.3 Å². The fraction of sp³-hybridized carbons (Fsp3) is 0.222. The van der Waals surface area contributed by atoms with Crippen molar-refractivity contribution < 1.29 is 4.39 Å². The third-order valence-electron chi connectivity index (χ3n) is 3.21. The van der Waals surface area contributed by atoms with Crippen LogP contribution in [0.25, 0.3) is 0 Å². The van der Waals surface area contributed by atoms with Gasteiger partial charge in [-0.25, -0.2) is 4.39 Å². The standard InChI is InChI=1S/C18H18FN/c1-2-18(20-14-16-7-4-3-5-8-16)12-11-15-9-6-10-17(19)13-15/h1,3-10,13,18,20H,11-12,14H2/t18-/m0/s1. The van der Waals surface area contributed by atoms with Gasteiger partial charge in [-0.05, 0) is 36.1 Å². The molecule has 2 heteroatoms. The molecule has 1 atom stereocenters. The van der Waals surface area contributed by atoms with Crippen LogP contribution in [-0.2, 0) is 13.0 Å². The van der Waals surface area contributed by atoms with E-state index in [1.54, 1.807) is 12.1 Å². The summed E-state index contributed by atoms with van der Waals surface area (Å²) >= 11 is 0. The SMILES string of the molecule is C#C[C@@H](CCc1cccc(F)c1)NCc1ccccc1. The summed E-state index contributed by atoms with van der Waals surface area (Å²) < 4.78 is 13.1. The van der Waals surface area contributed by atoms with E-state index in [0.29, 0.717) is 0 Å². The van der Waals surface area contributed by atoms with Crippen LogP contribution in [0.3, 0.4) is 0 Å². The topological polar surface area (TPSA) is 12.0 Å². The third-order valence-corrected chi connectivity index (χ3v) is 3.21. The molecule has 0 aromatic heterocycles. The number of terminal acetylenes is 1. The molecular formula is C18H18FN. The van der Waals surface area contributed by atoms with Crippen LogP contribution in [0.1, 0.15) is 17.5 Å². The van der Waals surface area contributed by atoms with E-state index >= 15 is 0 Å². The molecule has 0 amide bonds. The van der Waals surface area contributed by atoms with Crippen molar-refractivity contribution in [1.82, 2.24) is 5.32 Å². The zero-order valence-corrected chi connectivity index (χ0v) is 11.4. The molecular weight excluding hydrogens is 249 g/mol. The average Bonchev–Trinajstić information content (AvgIpc) is 2.48. The third kappa shape index (κ3) is 4.53. The molecule has 102 valence electrons. The Balaban J connectivity index is 1.82. The van der Waals surface area contributed by atoms with Crippen LogP contribution in [0.5, 0.6) is 0 Å². The van der Waals surface area contributed by atoms with Crippen LogP contribution in [0.4, 0.5) is 4.39 Å². The molecule has 2 aromatic rings. The van der Waals surface area contributed by atoms with E-state index < -0.39 is 0 Å². The Labute approximate surface area is 119 Å². The van der Waals surface area contributed by atoms with Crippen LogP contribution >= 0.6 is 0 Å². The van der Waals surface area contributed by atoms with Crippen LogP contribution in [0.2, 0.25) is 0 Å². The minimum Gasteiger partial charge on any atom is -0.300 e. The first kappa shape index (κ1) is 14.3. The molecule has 1 nitrogen and oxygen atoms in total. The average molecular weight is 267 g/mol. The van der Waals surface area contributed by atoms with E-state index in [1.165, 1.54) is 11.6 Å². The zero-order chi connectivity index (χ0) is 14.2. The van der Waals surface area contributed by atoms with E-state index in [0.717, 1.165) is 24.9 Å². The summed E-state index contributed by atoms with van der Waals surface area (Å²) in [5.74, 6) is 2.56. The molecule has 0 aliphatic rings. The van der Waals surface area contributed by atoms with E-state index in [1.807, 2.05) is 24.3 Å². The first-order valence-electron chi connectivity index (χ1n) is 6.76. The van der Waals surface area contributed by atoms with E-state index in [-0.39, 0.29) is 11.9 Å². The molecule has 0 spiro atoms. The number of halogens is 1. The van der Waals surface area contributed by atoms with Gasteiger partial charge in [-0.2, -0.15) is 0 Å². The number of nitrogens with one attached hydrogen (secondary N) is 1. The maximum Gasteiger partial charge on any atom is 0.123 e. The Morgan fingerprint density at radius 3 is 2.50 bits per heavy atom. The van der Waals surface area contributed by atoms with E-state index in [9.17, 15) is 4.39 Å². The van der Waals surface area contributed by atoms with Gasteiger partial charge in [-0.15, -0.1) is 6.42 Å². The molecule has 0 fully saturated rings. The largest absolute Gasteiger partial charge is 0.300 e. The van der Waals surface area contributed by atoms with Gasteiger partial charge in [0.1, 0.15) is 5.82 Å². The highest BCUT2D eigenvalue weighted by Gasteiger charge is 2.05. The second kappa shape index (κ2) is 7.47. The van der Waals surface area contributed by atoms with Crippen LogP contribution in [0, 0.1) is 18.2 Å². The normalized spacial score (nSPS) is 11.8. The number of benzene rings is 2. The number of hydrogen-bond acceptors (Lipinski definition) is 1. The van der Waals surface area contributed by atoms with Gasteiger partial charge < -0.3 is 0 Å². The van der Waals surface area contributed by atoms with E-state index in [2.05, 4.69) is 23.4 Å². The highest BCUT2D eigenvalue weighted by atomic mass is 19.1. The number of hydrogen-bond donors (Lipinski definition) is 1. The Kier molecular flexibility index (Phi) is 5.34. The summed E-state index contributed by atoms with van der Waals surface area (Å²) in [6, 6.07) is 16.8. The van der Waals surface area contributed by atoms with Crippen LogP contribution in [-0.4, -0.2) is 6.04 Å². The van der Waals surface area contributed by atoms with Crippen LogP contribution in [0.15, 0.2) is 54.6 Å². The molecule has 0 saturated carbocycles. The van der Waals surface area contributed by atoms with Gasteiger partial charge in [-0.1, -0.05) is 48.4 Å². The van der Waals surface area contributed by atoms with Crippen molar-refractivity contribution in [2.45, 2.75) is 25.4 Å². The molecule has 0 aliphatic heterocycles. The highest BCUT2D eigenvalue weighted by molar-refractivity contribution is 5.18. The molecule has 0 bridgehead atoms. The minimum absolute atomic E-state index is 0.00141. The Morgan fingerprint density at radius 2 is 1.80 bits per heavy atom. The van der Waals surface area contributed by atoms with Gasteiger partial charge in [-0.3, -0.25) is 5.32 Å². The van der Waals surface area contributed by atoms with Gasteiger partial charge in [0.05, 0.1) is 6.04 Å². The smallest absolute Gasteiger partial charge is 0.123 e. The molecule has 0 radical (unpaired) electrons. The van der Waals surface area contributed by atoms with Crippen molar-refractivity contribution in [1.29, 1.82) is 0 Å². The molecule has 2 rings (SSSR count). The maximum absolute atomic E-state index is 13.1. The monoisotopic (exact) mass is 267 g/mol. The predicted molar refractivity (Wildman–Crippen MR) is 80.6 cm³/mol. The molecule has 0 heterocycles. The lowest BCUT2D eigenvalue weighted by atomic mass is 10.1.